The Morgan fingerprint density at radius 2 is 1.83 bits per heavy atom. The maximum Gasteiger partial charge on any atom is 0.391 e. The molecule has 23 heavy (non-hydrogen) atoms. The molecule has 0 unspecified atom stereocenters. The van der Waals surface area contributed by atoms with Crippen LogP contribution in [-0.2, 0) is 14.4 Å². The molecular formula is C15H19F3N2O3. The van der Waals surface area contributed by atoms with E-state index in [1.165, 1.54) is 4.90 Å². The van der Waals surface area contributed by atoms with E-state index in [1.807, 2.05) is 0 Å². The molecule has 0 aromatic carbocycles. The molecule has 0 radical (unpaired) electrons. The van der Waals surface area contributed by atoms with E-state index in [9.17, 15) is 27.6 Å². The number of carbonyl (C=O) groups is 3. The molecule has 2 aliphatic carbocycles. The number of imide groups is 1. The summed E-state index contributed by atoms with van der Waals surface area (Å²) in [4.78, 5) is 37.4. The van der Waals surface area contributed by atoms with Crippen LogP contribution < -0.4 is 5.32 Å². The van der Waals surface area contributed by atoms with Gasteiger partial charge in [-0.1, -0.05) is 6.42 Å². The highest BCUT2D eigenvalue weighted by Crippen LogP contribution is 2.42. The van der Waals surface area contributed by atoms with E-state index in [4.69, 9.17) is 0 Å². The second-order valence-electron chi connectivity index (χ2n) is 6.71. The van der Waals surface area contributed by atoms with Gasteiger partial charge in [-0.15, -0.1) is 0 Å². The lowest BCUT2D eigenvalue weighted by atomic mass is 9.80. The second kappa shape index (κ2) is 5.79. The average molecular weight is 332 g/mol. The lowest BCUT2D eigenvalue weighted by Gasteiger charge is -2.35. The van der Waals surface area contributed by atoms with Crippen LogP contribution >= 0.6 is 0 Å². The number of nitrogens with one attached hydrogen (secondary N) is 1. The largest absolute Gasteiger partial charge is 0.391 e. The molecule has 0 spiro atoms. The lowest BCUT2D eigenvalue weighted by Crippen LogP contribution is -2.49. The topological polar surface area (TPSA) is 66.5 Å². The van der Waals surface area contributed by atoms with Crippen molar-refractivity contribution in [2.45, 2.75) is 63.2 Å². The van der Waals surface area contributed by atoms with Gasteiger partial charge in [0.15, 0.2) is 0 Å². The standard InChI is InChI=1S/C15H19F3N2O3/c16-15(17,18)9-3-1-2-8(6-9)14(23)20(10-4-5-10)11-7-12(21)19-13(11)22/h8-11H,1-7H2,(H,19,21,22)/t8-,9+,11+/m1/s1. The normalized spacial score (nSPS) is 31.9. The summed E-state index contributed by atoms with van der Waals surface area (Å²) in [6.07, 6.45) is -2.29. The third kappa shape index (κ3) is 3.35. The van der Waals surface area contributed by atoms with Crippen LogP contribution in [0.15, 0.2) is 0 Å². The summed E-state index contributed by atoms with van der Waals surface area (Å²) in [5.41, 5.74) is 0. The molecule has 3 atom stereocenters. The highest BCUT2D eigenvalue weighted by Gasteiger charge is 2.49. The van der Waals surface area contributed by atoms with Gasteiger partial charge in [0.2, 0.25) is 17.7 Å². The number of amides is 3. The Balaban J connectivity index is 1.74. The van der Waals surface area contributed by atoms with Crippen molar-refractivity contribution in [2.24, 2.45) is 11.8 Å². The van der Waals surface area contributed by atoms with Gasteiger partial charge in [0.1, 0.15) is 6.04 Å². The van der Waals surface area contributed by atoms with Gasteiger partial charge in [0.25, 0.3) is 0 Å². The molecule has 1 N–H and O–H groups in total. The van der Waals surface area contributed by atoms with Gasteiger partial charge >= 0.3 is 6.18 Å². The molecule has 1 saturated heterocycles. The molecule has 0 bridgehead atoms. The van der Waals surface area contributed by atoms with E-state index in [1.54, 1.807) is 0 Å². The van der Waals surface area contributed by atoms with Gasteiger partial charge in [-0.25, -0.2) is 0 Å². The first-order chi connectivity index (χ1) is 10.8. The zero-order valence-corrected chi connectivity index (χ0v) is 12.6. The van der Waals surface area contributed by atoms with E-state index in [0.29, 0.717) is 12.8 Å². The molecule has 3 aliphatic rings. The van der Waals surface area contributed by atoms with Crippen LogP contribution in [0.3, 0.4) is 0 Å². The first-order valence-electron chi connectivity index (χ1n) is 8.00. The van der Waals surface area contributed by atoms with Crippen molar-refractivity contribution in [3.63, 3.8) is 0 Å². The lowest BCUT2D eigenvalue weighted by molar-refractivity contribution is -0.187. The first kappa shape index (κ1) is 16.3. The number of nitrogens with zero attached hydrogens (tertiary/aromatic N) is 1. The van der Waals surface area contributed by atoms with Crippen molar-refractivity contribution in [1.82, 2.24) is 10.2 Å². The number of halogens is 3. The molecule has 8 heteroatoms. The second-order valence-corrected chi connectivity index (χ2v) is 6.71. The smallest absolute Gasteiger partial charge is 0.327 e. The minimum Gasteiger partial charge on any atom is -0.327 e. The Morgan fingerprint density at radius 1 is 1.13 bits per heavy atom. The fourth-order valence-electron chi connectivity index (χ4n) is 3.63. The molecule has 1 heterocycles. The maximum absolute atomic E-state index is 12.9. The maximum atomic E-state index is 12.9. The Morgan fingerprint density at radius 3 is 2.35 bits per heavy atom. The van der Waals surface area contributed by atoms with Gasteiger partial charge < -0.3 is 4.90 Å². The summed E-state index contributed by atoms with van der Waals surface area (Å²) in [6, 6.07) is -0.968. The third-order valence-corrected chi connectivity index (χ3v) is 4.96. The molecule has 5 nitrogen and oxygen atoms in total. The highest BCUT2D eigenvalue weighted by atomic mass is 19.4. The van der Waals surface area contributed by atoms with E-state index in [2.05, 4.69) is 5.32 Å². The summed E-state index contributed by atoms with van der Waals surface area (Å²) in [5, 5.41) is 2.17. The van der Waals surface area contributed by atoms with E-state index >= 15 is 0 Å². The van der Waals surface area contributed by atoms with Gasteiger partial charge in [-0.05, 0) is 32.1 Å². The predicted octanol–water partition coefficient (Wildman–Crippen LogP) is 1.76. The van der Waals surface area contributed by atoms with Crippen LogP contribution in [-0.4, -0.2) is 40.9 Å². The number of alkyl halides is 3. The zero-order chi connectivity index (χ0) is 16.8. The Labute approximate surface area is 131 Å². The molecule has 0 aromatic heterocycles. The summed E-state index contributed by atoms with van der Waals surface area (Å²) >= 11 is 0. The van der Waals surface area contributed by atoms with Crippen LogP contribution in [0.1, 0.15) is 44.9 Å². The zero-order valence-electron chi connectivity index (χ0n) is 12.6. The van der Waals surface area contributed by atoms with Gasteiger partial charge in [0, 0.05) is 12.0 Å². The molecule has 0 aromatic rings. The highest BCUT2D eigenvalue weighted by molar-refractivity contribution is 6.07. The number of carbonyl (C=O) groups excluding carboxylic acids is 3. The van der Waals surface area contributed by atoms with Crippen molar-refractivity contribution in [2.75, 3.05) is 0 Å². The fourth-order valence-corrected chi connectivity index (χ4v) is 3.63. The Bertz CT molecular complexity index is 531. The first-order valence-corrected chi connectivity index (χ1v) is 8.00. The molecule has 128 valence electrons. The minimum absolute atomic E-state index is 0.0547. The van der Waals surface area contributed by atoms with Gasteiger partial charge in [-0.2, -0.15) is 13.2 Å². The predicted molar refractivity (Wildman–Crippen MR) is 72.9 cm³/mol. The van der Waals surface area contributed by atoms with Crippen LogP contribution in [0.4, 0.5) is 13.2 Å². The average Bonchev–Trinajstić information content (AvgIpc) is 3.24. The number of hydrogen-bond donors (Lipinski definition) is 1. The minimum atomic E-state index is -4.29. The van der Waals surface area contributed by atoms with Crippen LogP contribution in [0, 0.1) is 11.8 Å². The molecular weight excluding hydrogens is 313 g/mol. The van der Waals surface area contributed by atoms with E-state index in [0.717, 1.165) is 12.8 Å². The monoisotopic (exact) mass is 332 g/mol. The van der Waals surface area contributed by atoms with Crippen molar-refractivity contribution in [3.8, 4) is 0 Å². The summed E-state index contributed by atoms with van der Waals surface area (Å²) in [5.74, 6) is -3.50. The summed E-state index contributed by atoms with van der Waals surface area (Å²) in [7, 11) is 0. The van der Waals surface area contributed by atoms with Crippen molar-refractivity contribution in [3.05, 3.63) is 0 Å². The van der Waals surface area contributed by atoms with Crippen LogP contribution in [0.2, 0.25) is 0 Å². The van der Waals surface area contributed by atoms with Gasteiger partial charge in [0.05, 0.1) is 12.3 Å². The van der Waals surface area contributed by atoms with Crippen molar-refractivity contribution in [1.29, 1.82) is 0 Å². The Hall–Kier alpha value is -1.60. The SMILES string of the molecule is O=C1C[C@H](N(C(=O)[C@@H]2CCC[C@H](C(F)(F)F)C2)C2CC2)C(=O)N1. The third-order valence-electron chi connectivity index (χ3n) is 4.96. The van der Waals surface area contributed by atoms with Crippen LogP contribution in [0.5, 0.6) is 0 Å². The van der Waals surface area contributed by atoms with Crippen molar-refractivity contribution >= 4 is 17.7 Å². The quantitative estimate of drug-likeness (QED) is 0.801. The van der Waals surface area contributed by atoms with Crippen LogP contribution in [0.25, 0.3) is 0 Å². The van der Waals surface area contributed by atoms with E-state index in [-0.39, 0.29) is 25.3 Å². The number of rotatable bonds is 3. The molecule has 1 aliphatic heterocycles. The Kier molecular flexibility index (Phi) is 4.10. The molecule has 2 saturated carbocycles. The van der Waals surface area contributed by atoms with Crippen molar-refractivity contribution < 1.29 is 27.6 Å². The number of hydrogen-bond acceptors (Lipinski definition) is 3. The van der Waals surface area contributed by atoms with Gasteiger partial charge in [-0.3, -0.25) is 19.7 Å². The molecule has 3 amide bonds. The fraction of sp³-hybridized carbons (Fsp3) is 0.800. The van der Waals surface area contributed by atoms with E-state index < -0.39 is 41.8 Å². The molecule has 3 fully saturated rings. The molecule has 3 rings (SSSR count). The summed E-state index contributed by atoms with van der Waals surface area (Å²) < 4.78 is 38.8. The summed E-state index contributed by atoms with van der Waals surface area (Å²) in [6.45, 7) is 0.